The molecule has 0 saturated carbocycles. The first-order chi connectivity index (χ1) is 18.1. The molecule has 0 atom stereocenters. The number of hydrogen-bond donors (Lipinski definition) is 1. The molecule has 200 valence electrons. The fourth-order valence-electron chi connectivity index (χ4n) is 4.15. The predicted octanol–water partition coefficient (Wildman–Crippen LogP) is 4.08. The summed E-state index contributed by atoms with van der Waals surface area (Å²) < 4.78 is 39.3. The Kier molecular flexibility index (Phi) is 7.84. The molecule has 10 nitrogen and oxygen atoms in total. The summed E-state index contributed by atoms with van der Waals surface area (Å²) in [6.07, 6.45) is 0. The average Bonchev–Trinajstić information content (AvgIpc) is 3.30. The van der Waals surface area contributed by atoms with Crippen molar-refractivity contribution in [2.24, 2.45) is 0 Å². The Morgan fingerprint density at radius 3 is 2.00 bits per heavy atom. The van der Waals surface area contributed by atoms with Gasteiger partial charge in [0.05, 0.1) is 46.8 Å². The summed E-state index contributed by atoms with van der Waals surface area (Å²) in [5.74, 6) is 1.22. The van der Waals surface area contributed by atoms with E-state index in [2.05, 4.69) is 0 Å². The predicted molar refractivity (Wildman–Crippen MR) is 141 cm³/mol. The van der Waals surface area contributed by atoms with Crippen LogP contribution in [0, 0.1) is 0 Å². The maximum atomic E-state index is 14.2. The van der Waals surface area contributed by atoms with Crippen LogP contribution in [0.25, 0.3) is 20.5 Å². The highest BCUT2D eigenvalue weighted by atomic mass is 32.1. The van der Waals surface area contributed by atoms with Crippen LogP contribution in [0.1, 0.15) is 15.9 Å². The van der Waals surface area contributed by atoms with Crippen LogP contribution in [0.5, 0.6) is 28.7 Å². The first-order valence-electron chi connectivity index (χ1n) is 11.1. The quantitative estimate of drug-likeness (QED) is 0.224. The van der Waals surface area contributed by atoms with Gasteiger partial charge in [-0.2, -0.15) is 0 Å². The molecule has 0 aliphatic carbocycles. The molecule has 0 amide bonds. The summed E-state index contributed by atoms with van der Waals surface area (Å²) in [6, 6.07) is 13.2. The van der Waals surface area contributed by atoms with Crippen LogP contribution in [0.2, 0.25) is 0 Å². The lowest BCUT2D eigenvalue weighted by Gasteiger charge is -2.31. The van der Waals surface area contributed by atoms with Crippen molar-refractivity contribution >= 4 is 40.6 Å². The van der Waals surface area contributed by atoms with Gasteiger partial charge in [0.2, 0.25) is 5.75 Å². The summed E-state index contributed by atoms with van der Waals surface area (Å²) in [6.45, 7) is 0. The molecule has 0 fully saturated rings. The van der Waals surface area contributed by atoms with Gasteiger partial charge in [-0.3, -0.25) is 4.79 Å². The molecule has 4 rings (SSSR count). The Labute approximate surface area is 222 Å². The van der Waals surface area contributed by atoms with Gasteiger partial charge in [-0.25, -0.2) is 0 Å². The van der Waals surface area contributed by atoms with Gasteiger partial charge in [0.25, 0.3) is 0 Å². The van der Waals surface area contributed by atoms with Crippen molar-refractivity contribution in [1.82, 2.24) is 0 Å². The van der Waals surface area contributed by atoms with Crippen LogP contribution in [-0.2, 0) is 4.57 Å². The Bertz CT molecular complexity index is 1540. The van der Waals surface area contributed by atoms with E-state index in [9.17, 15) is 19.1 Å². The molecule has 1 N–H and O–H groups in total. The van der Waals surface area contributed by atoms with Gasteiger partial charge in [-0.1, -0.05) is 6.07 Å². The average molecular weight is 558 g/mol. The number of ether oxygens (including phenoxy) is 5. The van der Waals surface area contributed by atoms with Crippen molar-refractivity contribution in [2.45, 2.75) is 0 Å². The molecule has 1 aromatic heterocycles. The van der Waals surface area contributed by atoms with Crippen LogP contribution in [0.3, 0.4) is 0 Å². The molecule has 4 aromatic rings. The highest BCUT2D eigenvalue weighted by Crippen LogP contribution is 2.47. The Balaban J connectivity index is 2.00. The van der Waals surface area contributed by atoms with Gasteiger partial charge in [0.15, 0.2) is 17.3 Å². The van der Waals surface area contributed by atoms with Gasteiger partial charge in [-0.15, -0.1) is 11.3 Å². The van der Waals surface area contributed by atoms with E-state index in [0.29, 0.717) is 44.4 Å². The number of nitrogens with one attached hydrogen (secondary N) is 1. The molecule has 0 radical (unpaired) electrons. The third-order valence-electron chi connectivity index (χ3n) is 5.77. The van der Waals surface area contributed by atoms with Gasteiger partial charge in [0.1, 0.15) is 11.5 Å². The van der Waals surface area contributed by atoms with Gasteiger partial charge >= 0.3 is 0 Å². The molecule has 3 aromatic carbocycles. The Morgan fingerprint density at radius 2 is 1.45 bits per heavy atom. The molecule has 1 heterocycles. The topological polar surface area (TPSA) is 138 Å². The highest BCUT2D eigenvalue weighted by molar-refractivity contribution is 7.50. The number of anilines is 1. The molecule has 38 heavy (non-hydrogen) atoms. The van der Waals surface area contributed by atoms with Crippen molar-refractivity contribution in [3.05, 3.63) is 59.7 Å². The number of hydrogen-bond acceptors (Lipinski definition) is 10. The number of methoxy groups -OCH3 is 5. The minimum absolute atomic E-state index is 0.0473. The molecule has 0 spiro atoms. The van der Waals surface area contributed by atoms with E-state index in [1.165, 1.54) is 59.0 Å². The number of fused-ring (bicyclic) bond motifs is 1. The molecular weight excluding hydrogens is 533 g/mol. The molecule has 0 bridgehead atoms. The number of carbonyl (C=O) groups is 1. The number of carbonyl (C=O) groups excluding carboxylic acids is 1. The lowest BCUT2D eigenvalue weighted by Crippen LogP contribution is -2.20. The van der Waals surface area contributed by atoms with E-state index in [0.717, 1.165) is 4.70 Å². The Hall–Kier alpha value is -3.76. The van der Waals surface area contributed by atoms with Gasteiger partial charge in [-0.05, 0) is 48.0 Å². The smallest absolute Gasteiger partial charge is 0.203 e. The van der Waals surface area contributed by atoms with E-state index in [-0.39, 0.29) is 22.8 Å². The van der Waals surface area contributed by atoms with Crippen LogP contribution in [-0.4, -0.2) is 41.3 Å². The third kappa shape index (κ3) is 5.14. The van der Waals surface area contributed by atoms with Crippen LogP contribution in [0.4, 0.5) is 5.69 Å². The van der Waals surface area contributed by atoms with E-state index in [1.54, 1.807) is 30.3 Å². The van der Waals surface area contributed by atoms with Crippen LogP contribution in [0.15, 0.2) is 48.5 Å². The van der Waals surface area contributed by atoms with Crippen LogP contribution < -0.4 is 38.6 Å². The summed E-state index contributed by atoms with van der Waals surface area (Å²) in [7, 11) is 2.10. The minimum atomic E-state index is -5.14. The second kappa shape index (κ2) is 10.9. The first-order valence-corrected chi connectivity index (χ1v) is 13.4. The normalized spacial score (nSPS) is 11.2. The van der Waals surface area contributed by atoms with Gasteiger partial charge in [0, 0.05) is 28.3 Å². The zero-order valence-electron chi connectivity index (χ0n) is 21.1. The summed E-state index contributed by atoms with van der Waals surface area (Å²) in [5.41, 5.74) is 1.02. The number of rotatable bonds is 10. The third-order valence-corrected chi connectivity index (χ3v) is 7.49. The van der Waals surface area contributed by atoms with E-state index in [1.807, 2.05) is 11.2 Å². The van der Waals surface area contributed by atoms with Crippen molar-refractivity contribution in [3.63, 3.8) is 0 Å². The monoisotopic (exact) mass is 557 g/mol. The maximum Gasteiger partial charge on any atom is 0.203 e. The van der Waals surface area contributed by atoms with Crippen molar-refractivity contribution in [3.8, 4) is 39.2 Å². The summed E-state index contributed by atoms with van der Waals surface area (Å²) in [4.78, 5) is 37.7. The van der Waals surface area contributed by atoms with Crippen molar-refractivity contribution in [2.75, 3.05) is 40.6 Å². The number of benzene rings is 3. The molecular formula is C26H24NO9PS-2. The van der Waals surface area contributed by atoms with Crippen molar-refractivity contribution < 1.29 is 42.8 Å². The first kappa shape index (κ1) is 27.3. The number of thiophene rings is 1. The van der Waals surface area contributed by atoms with Crippen LogP contribution >= 0.6 is 19.1 Å². The molecule has 0 saturated heterocycles. The molecule has 0 unspecified atom stereocenters. The van der Waals surface area contributed by atoms with E-state index >= 15 is 0 Å². The summed E-state index contributed by atoms with van der Waals surface area (Å²) in [5, 5.41) is 2.54. The molecule has 12 heteroatoms. The standard InChI is InChI=1S/C26H26NO9PS/c1-32-17-10-9-14(11-16(17)27-37(29,30)31)26-23(22-18(33-2)7-6-8-21(22)38-26)24(28)15-12-19(34-3)25(36-5)20(13-15)35-4/h6-13H,1-5H3,(H3,27,29,30,31)/p-2. The SMILES string of the molecule is COc1ccc(-c2sc3cccc(OC)c3c2C(=O)c2cc(OC)c(OC)c(OC)c2)cc1NP(=O)([O-])[O-]. The lowest BCUT2D eigenvalue weighted by atomic mass is 9.96. The maximum absolute atomic E-state index is 14.2. The fourth-order valence-corrected chi connectivity index (χ4v) is 5.83. The second-order valence-electron chi connectivity index (χ2n) is 7.91. The number of ketones is 1. The zero-order valence-corrected chi connectivity index (χ0v) is 22.9. The highest BCUT2D eigenvalue weighted by Gasteiger charge is 2.26. The minimum Gasteiger partial charge on any atom is -0.795 e. The Morgan fingerprint density at radius 1 is 0.816 bits per heavy atom. The zero-order chi connectivity index (χ0) is 27.6. The molecule has 0 aliphatic rings. The summed E-state index contributed by atoms with van der Waals surface area (Å²) >= 11 is 1.32. The van der Waals surface area contributed by atoms with Gasteiger partial charge < -0.3 is 43.1 Å². The van der Waals surface area contributed by atoms with Crippen molar-refractivity contribution in [1.29, 1.82) is 0 Å². The van der Waals surface area contributed by atoms with E-state index in [4.69, 9.17) is 23.7 Å². The largest absolute Gasteiger partial charge is 0.795 e. The van der Waals surface area contributed by atoms with E-state index < -0.39 is 7.75 Å². The lowest BCUT2D eigenvalue weighted by molar-refractivity contribution is -0.311. The second-order valence-corrected chi connectivity index (χ2v) is 10.2. The fraction of sp³-hybridized carbons (Fsp3) is 0.192. The molecule has 0 aliphatic heterocycles.